The number of carbonyl (C=O) groups excluding carboxylic acids is 1. The van der Waals surface area contributed by atoms with Crippen molar-refractivity contribution in [2.24, 2.45) is 0 Å². The van der Waals surface area contributed by atoms with Crippen LogP contribution in [0, 0.1) is 0 Å². The van der Waals surface area contributed by atoms with Crippen molar-refractivity contribution in [2.75, 3.05) is 0 Å². The van der Waals surface area contributed by atoms with Gasteiger partial charge in [-0.1, -0.05) is 25.1 Å². The first-order valence-corrected chi connectivity index (χ1v) is 6.59. The molecule has 1 amide bonds. The SMILES string of the molecule is CC[C@@H](C)NC(=O)Cc1ccc2c(c1)CCC2. The highest BCUT2D eigenvalue weighted by Crippen LogP contribution is 2.22. The van der Waals surface area contributed by atoms with E-state index in [-0.39, 0.29) is 11.9 Å². The Morgan fingerprint density at radius 2 is 2.12 bits per heavy atom. The molecule has 1 aliphatic rings. The summed E-state index contributed by atoms with van der Waals surface area (Å²) in [5.74, 6) is 0.136. The fraction of sp³-hybridized carbons (Fsp3) is 0.533. The molecule has 1 aromatic rings. The highest BCUT2D eigenvalue weighted by atomic mass is 16.1. The van der Waals surface area contributed by atoms with E-state index in [0.29, 0.717) is 6.42 Å². The Kier molecular flexibility index (Phi) is 3.82. The monoisotopic (exact) mass is 231 g/mol. The second-order valence-electron chi connectivity index (χ2n) is 5.01. The first kappa shape index (κ1) is 12.2. The summed E-state index contributed by atoms with van der Waals surface area (Å²) in [4.78, 5) is 11.8. The van der Waals surface area contributed by atoms with Crippen LogP contribution in [0.25, 0.3) is 0 Å². The van der Waals surface area contributed by atoms with Crippen LogP contribution >= 0.6 is 0 Å². The number of hydrogen-bond donors (Lipinski definition) is 1. The Morgan fingerprint density at radius 1 is 1.35 bits per heavy atom. The van der Waals surface area contributed by atoms with E-state index in [9.17, 15) is 4.79 Å². The van der Waals surface area contributed by atoms with Gasteiger partial charge in [-0.25, -0.2) is 0 Å². The topological polar surface area (TPSA) is 29.1 Å². The second-order valence-corrected chi connectivity index (χ2v) is 5.01. The van der Waals surface area contributed by atoms with Crippen LogP contribution in [-0.2, 0) is 24.1 Å². The van der Waals surface area contributed by atoms with E-state index in [1.807, 2.05) is 6.92 Å². The van der Waals surface area contributed by atoms with Crippen LogP contribution in [0.3, 0.4) is 0 Å². The van der Waals surface area contributed by atoms with E-state index in [1.54, 1.807) is 0 Å². The molecule has 0 heterocycles. The molecule has 0 spiro atoms. The zero-order chi connectivity index (χ0) is 12.3. The third-order valence-electron chi connectivity index (χ3n) is 3.55. The number of amides is 1. The molecule has 17 heavy (non-hydrogen) atoms. The first-order chi connectivity index (χ1) is 8.19. The Labute approximate surface area is 103 Å². The van der Waals surface area contributed by atoms with Crippen LogP contribution in [-0.4, -0.2) is 11.9 Å². The Bertz CT molecular complexity index is 411. The Hall–Kier alpha value is -1.31. The third kappa shape index (κ3) is 3.09. The van der Waals surface area contributed by atoms with Crippen molar-refractivity contribution < 1.29 is 4.79 Å². The number of aryl methyl sites for hydroxylation is 2. The zero-order valence-corrected chi connectivity index (χ0v) is 10.8. The minimum Gasteiger partial charge on any atom is -0.353 e. The molecule has 1 aromatic carbocycles. The van der Waals surface area contributed by atoms with Gasteiger partial charge in [0.15, 0.2) is 0 Å². The number of nitrogens with one attached hydrogen (secondary N) is 1. The van der Waals surface area contributed by atoms with Gasteiger partial charge in [0.1, 0.15) is 0 Å². The second kappa shape index (κ2) is 5.35. The van der Waals surface area contributed by atoms with E-state index in [2.05, 4.69) is 30.4 Å². The van der Waals surface area contributed by atoms with Crippen LogP contribution in [0.4, 0.5) is 0 Å². The molecule has 2 nitrogen and oxygen atoms in total. The maximum Gasteiger partial charge on any atom is 0.224 e. The Morgan fingerprint density at radius 3 is 2.88 bits per heavy atom. The number of benzene rings is 1. The molecule has 0 aromatic heterocycles. The normalized spacial score (nSPS) is 15.4. The predicted octanol–water partition coefficient (Wildman–Crippen LogP) is 2.63. The van der Waals surface area contributed by atoms with E-state index in [1.165, 1.54) is 30.4 Å². The highest BCUT2D eigenvalue weighted by Gasteiger charge is 2.12. The summed E-state index contributed by atoms with van der Waals surface area (Å²) < 4.78 is 0. The van der Waals surface area contributed by atoms with Crippen molar-refractivity contribution in [3.8, 4) is 0 Å². The maximum absolute atomic E-state index is 11.8. The van der Waals surface area contributed by atoms with Crippen LogP contribution < -0.4 is 5.32 Å². The summed E-state index contributed by atoms with van der Waals surface area (Å²) in [6.07, 6.45) is 5.14. The van der Waals surface area contributed by atoms with Crippen molar-refractivity contribution in [2.45, 2.75) is 52.0 Å². The first-order valence-electron chi connectivity index (χ1n) is 6.59. The molecule has 2 rings (SSSR count). The summed E-state index contributed by atoms with van der Waals surface area (Å²) in [5, 5.41) is 3.01. The number of fused-ring (bicyclic) bond motifs is 1. The van der Waals surface area contributed by atoms with Gasteiger partial charge in [-0.2, -0.15) is 0 Å². The highest BCUT2D eigenvalue weighted by molar-refractivity contribution is 5.78. The van der Waals surface area contributed by atoms with Gasteiger partial charge < -0.3 is 5.32 Å². The lowest BCUT2D eigenvalue weighted by molar-refractivity contribution is -0.121. The van der Waals surface area contributed by atoms with E-state index in [0.717, 1.165) is 12.0 Å². The van der Waals surface area contributed by atoms with Crippen molar-refractivity contribution >= 4 is 5.91 Å². The molecule has 92 valence electrons. The molecule has 0 radical (unpaired) electrons. The lowest BCUT2D eigenvalue weighted by Crippen LogP contribution is -2.33. The van der Waals surface area contributed by atoms with Gasteiger partial charge >= 0.3 is 0 Å². The number of carbonyl (C=O) groups is 1. The van der Waals surface area contributed by atoms with Crippen molar-refractivity contribution in [1.29, 1.82) is 0 Å². The van der Waals surface area contributed by atoms with E-state index < -0.39 is 0 Å². The number of rotatable bonds is 4. The summed E-state index contributed by atoms with van der Waals surface area (Å²) >= 11 is 0. The van der Waals surface area contributed by atoms with Gasteiger partial charge in [0.05, 0.1) is 6.42 Å². The largest absolute Gasteiger partial charge is 0.353 e. The molecule has 1 N–H and O–H groups in total. The maximum atomic E-state index is 11.8. The Balaban J connectivity index is 1.97. The summed E-state index contributed by atoms with van der Waals surface area (Å²) in [6.45, 7) is 4.13. The average Bonchev–Trinajstić information content (AvgIpc) is 2.75. The van der Waals surface area contributed by atoms with Gasteiger partial charge in [-0.05, 0) is 49.3 Å². The molecule has 0 bridgehead atoms. The smallest absolute Gasteiger partial charge is 0.224 e. The van der Waals surface area contributed by atoms with Gasteiger partial charge in [0.2, 0.25) is 5.91 Å². The summed E-state index contributed by atoms with van der Waals surface area (Å²) in [6, 6.07) is 6.77. The molecule has 0 fully saturated rings. The van der Waals surface area contributed by atoms with Gasteiger partial charge in [0, 0.05) is 6.04 Å². The van der Waals surface area contributed by atoms with Gasteiger partial charge in [0.25, 0.3) is 0 Å². The lowest BCUT2D eigenvalue weighted by Gasteiger charge is -2.11. The number of hydrogen-bond acceptors (Lipinski definition) is 1. The molecular formula is C15H21NO. The third-order valence-corrected chi connectivity index (χ3v) is 3.55. The van der Waals surface area contributed by atoms with Crippen molar-refractivity contribution in [3.63, 3.8) is 0 Å². The van der Waals surface area contributed by atoms with Crippen LogP contribution in [0.5, 0.6) is 0 Å². The fourth-order valence-corrected chi connectivity index (χ4v) is 2.35. The van der Waals surface area contributed by atoms with E-state index in [4.69, 9.17) is 0 Å². The lowest BCUT2D eigenvalue weighted by atomic mass is 10.0. The fourth-order valence-electron chi connectivity index (χ4n) is 2.35. The summed E-state index contributed by atoms with van der Waals surface area (Å²) in [7, 11) is 0. The molecular weight excluding hydrogens is 210 g/mol. The quantitative estimate of drug-likeness (QED) is 0.848. The molecule has 2 heteroatoms. The molecule has 0 saturated carbocycles. The van der Waals surface area contributed by atoms with Crippen LogP contribution in [0.15, 0.2) is 18.2 Å². The minimum absolute atomic E-state index is 0.136. The van der Waals surface area contributed by atoms with Crippen molar-refractivity contribution in [3.05, 3.63) is 34.9 Å². The minimum atomic E-state index is 0.136. The predicted molar refractivity (Wildman–Crippen MR) is 70.1 cm³/mol. The molecule has 0 unspecified atom stereocenters. The van der Waals surface area contributed by atoms with Crippen LogP contribution in [0.1, 0.15) is 43.4 Å². The van der Waals surface area contributed by atoms with Crippen molar-refractivity contribution in [1.82, 2.24) is 5.32 Å². The van der Waals surface area contributed by atoms with E-state index >= 15 is 0 Å². The standard InChI is InChI=1S/C15H21NO/c1-3-11(2)16-15(17)10-12-7-8-13-5-4-6-14(13)9-12/h7-9,11H,3-6,10H2,1-2H3,(H,16,17)/t11-/m1/s1. The summed E-state index contributed by atoms with van der Waals surface area (Å²) in [5.41, 5.74) is 4.06. The average molecular weight is 231 g/mol. The van der Waals surface area contributed by atoms with Gasteiger partial charge in [-0.3, -0.25) is 4.79 Å². The molecule has 1 aliphatic carbocycles. The zero-order valence-electron chi connectivity index (χ0n) is 10.8. The van der Waals surface area contributed by atoms with Gasteiger partial charge in [-0.15, -0.1) is 0 Å². The molecule has 1 atom stereocenters. The van der Waals surface area contributed by atoms with Crippen LogP contribution in [0.2, 0.25) is 0 Å². The molecule has 0 saturated heterocycles. The molecule has 0 aliphatic heterocycles.